The fraction of sp³-hybridized carbons (Fsp3) is 0.722. The van der Waals surface area contributed by atoms with Crippen LogP contribution in [0.15, 0.2) is 11.4 Å². The van der Waals surface area contributed by atoms with E-state index in [1.807, 2.05) is 18.4 Å². The summed E-state index contributed by atoms with van der Waals surface area (Å²) in [7, 11) is -3.11. The number of thiophene rings is 1. The Balaban J connectivity index is 1.49. The minimum Gasteiger partial charge on any atom is -0.335 e. The predicted octanol–water partition coefficient (Wildman–Crippen LogP) is 2.17. The highest BCUT2D eigenvalue weighted by molar-refractivity contribution is 7.93. The maximum Gasteiger partial charge on any atom is 0.264 e. The summed E-state index contributed by atoms with van der Waals surface area (Å²) in [6.45, 7) is 5.74. The second kappa shape index (κ2) is 6.35. The van der Waals surface area contributed by atoms with Gasteiger partial charge in [0, 0.05) is 19.6 Å². The Labute approximate surface area is 153 Å². The maximum atomic E-state index is 12.8. The van der Waals surface area contributed by atoms with Gasteiger partial charge in [0.1, 0.15) is 4.75 Å². The quantitative estimate of drug-likeness (QED) is 0.804. The van der Waals surface area contributed by atoms with Crippen molar-refractivity contribution in [2.75, 3.05) is 38.5 Å². The number of carbonyl (C=O) groups excluding carboxylic acids is 1. The van der Waals surface area contributed by atoms with Gasteiger partial charge < -0.3 is 9.80 Å². The molecule has 4 heterocycles. The van der Waals surface area contributed by atoms with Crippen LogP contribution in [0, 0.1) is 12.8 Å². The molecule has 0 radical (unpaired) electrons. The number of carbonyl (C=O) groups is 1. The molecule has 1 atom stereocenters. The molecule has 0 aliphatic carbocycles. The SMILES string of the molecule is Cc1ccsc1C(=O)N1CC2(C1)C(CN1CCCCC1)CCS2(=O)=O. The lowest BCUT2D eigenvalue weighted by atomic mass is 9.82. The Hall–Kier alpha value is -0.920. The molecular weight excluding hydrogens is 356 g/mol. The van der Waals surface area contributed by atoms with Gasteiger partial charge in [-0.15, -0.1) is 11.3 Å². The van der Waals surface area contributed by atoms with Crippen LogP contribution < -0.4 is 0 Å². The molecule has 4 rings (SSSR count). The molecule has 138 valence electrons. The summed E-state index contributed by atoms with van der Waals surface area (Å²) in [4.78, 5) is 17.6. The summed E-state index contributed by atoms with van der Waals surface area (Å²) in [6, 6.07) is 1.94. The van der Waals surface area contributed by atoms with Crippen LogP contribution in [-0.4, -0.2) is 67.3 Å². The fourth-order valence-corrected chi connectivity index (χ4v) is 7.96. The maximum absolute atomic E-state index is 12.8. The van der Waals surface area contributed by atoms with Gasteiger partial charge in [0.2, 0.25) is 0 Å². The molecule has 3 aliphatic rings. The second-order valence-electron chi connectivity index (χ2n) is 7.82. The first-order valence-electron chi connectivity index (χ1n) is 9.21. The van der Waals surface area contributed by atoms with E-state index in [9.17, 15) is 13.2 Å². The summed E-state index contributed by atoms with van der Waals surface area (Å²) in [6.07, 6.45) is 4.47. The van der Waals surface area contributed by atoms with Crippen molar-refractivity contribution < 1.29 is 13.2 Å². The summed E-state index contributed by atoms with van der Waals surface area (Å²) in [5, 5.41) is 1.92. The standard InChI is InChI=1S/C18H26N2O3S2/c1-14-5-9-24-16(14)17(21)20-12-18(13-20)15(6-10-25(18,22)23)11-19-7-3-2-4-8-19/h5,9,15H,2-4,6-8,10-13H2,1H3. The minimum absolute atomic E-state index is 0.00283. The first-order chi connectivity index (χ1) is 11.9. The van der Waals surface area contributed by atoms with Gasteiger partial charge in [0.25, 0.3) is 5.91 Å². The molecule has 5 nitrogen and oxygen atoms in total. The number of aryl methyl sites for hydroxylation is 1. The molecule has 1 aromatic rings. The van der Waals surface area contributed by atoms with Crippen LogP contribution in [0.25, 0.3) is 0 Å². The second-order valence-corrected chi connectivity index (χ2v) is 11.2. The highest BCUT2D eigenvalue weighted by atomic mass is 32.2. The topological polar surface area (TPSA) is 57.7 Å². The predicted molar refractivity (Wildman–Crippen MR) is 99.9 cm³/mol. The third kappa shape index (κ3) is 2.84. The van der Waals surface area contributed by atoms with Crippen LogP contribution in [0.3, 0.4) is 0 Å². The average molecular weight is 383 g/mol. The lowest BCUT2D eigenvalue weighted by molar-refractivity contribution is 0.0415. The van der Waals surface area contributed by atoms with Gasteiger partial charge in [-0.2, -0.15) is 0 Å². The van der Waals surface area contributed by atoms with Gasteiger partial charge in [-0.05, 0) is 62.2 Å². The van der Waals surface area contributed by atoms with Crippen molar-refractivity contribution >= 4 is 27.1 Å². The average Bonchev–Trinajstić information content (AvgIpc) is 3.08. The van der Waals surface area contributed by atoms with Crippen LogP contribution in [0.5, 0.6) is 0 Å². The minimum atomic E-state index is -3.11. The van der Waals surface area contributed by atoms with Crippen LogP contribution >= 0.6 is 11.3 Å². The first-order valence-corrected chi connectivity index (χ1v) is 11.7. The molecule has 1 aromatic heterocycles. The van der Waals surface area contributed by atoms with Crippen LogP contribution in [0.4, 0.5) is 0 Å². The molecule has 0 saturated carbocycles. The van der Waals surface area contributed by atoms with Crippen molar-refractivity contribution in [3.05, 3.63) is 21.9 Å². The van der Waals surface area contributed by atoms with E-state index in [1.165, 1.54) is 30.6 Å². The molecule has 0 bridgehead atoms. The summed E-state index contributed by atoms with van der Waals surface area (Å²) in [5.41, 5.74) is 0.982. The normalized spacial score (nSPS) is 28.2. The Bertz CT molecular complexity index is 759. The number of hydrogen-bond acceptors (Lipinski definition) is 5. The van der Waals surface area contributed by atoms with E-state index in [2.05, 4.69) is 4.90 Å². The number of hydrogen-bond donors (Lipinski definition) is 0. The highest BCUT2D eigenvalue weighted by Gasteiger charge is 2.62. The molecule has 3 saturated heterocycles. The van der Waals surface area contributed by atoms with Crippen molar-refractivity contribution in [2.24, 2.45) is 5.92 Å². The summed E-state index contributed by atoms with van der Waals surface area (Å²) in [5.74, 6) is 0.451. The Morgan fingerprint density at radius 2 is 2.00 bits per heavy atom. The number of amides is 1. The smallest absolute Gasteiger partial charge is 0.264 e. The molecule has 25 heavy (non-hydrogen) atoms. The van der Waals surface area contributed by atoms with Crippen LogP contribution in [-0.2, 0) is 9.84 Å². The van der Waals surface area contributed by atoms with Gasteiger partial charge >= 0.3 is 0 Å². The zero-order valence-corrected chi connectivity index (χ0v) is 16.4. The fourth-order valence-electron chi connectivity index (χ4n) is 4.66. The molecule has 3 fully saturated rings. The zero-order valence-electron chi connectivity index (χ0n) is 14.7. The molecule has 1 unspecified atom stereocenters. The van der Waals surface area contributed by atoms with Gasteiger partial charge in [-0.1, -0.05) is 6.42 Å². The van der Waals surface area contributed by atoms with E-state index in [1.54, 1.807) is 4.90 Å². The van der Waals surface area contributed by atoms with Gasteiger partial charge in [0.15, 0.2) is 9.84 Å². The highest BCUT2D eigenvalue weighted by Crippen LogP contribution is 2.45. The Kier molecular flexibility index (Phi) is 4.45. The van der Waals surface area contributed by atoms with Crippen LogP contribution in [0.1, 0.15) is 40.9 Å². The molecular formula is C18H26N2O3S2. The van der Waals surface area contributed by atoms with Crippen LogP contribution in [0.2, 0.25) is 0 Å². The summed E-state index contributed by atoms with van der Waals surface area (Å²) >= 11 is 1.45. The van der Waals surface area contributed by atoms with Gasteiger partial charge in [-0.25, -0.2) is 8.42 Å². The van der Waals surface area contributed by atoms with Gasteiger partial charge in [-0.3, -0.25) is 4.79 Å². The number of piperidine rings is 1. The number of nitrogens with zero attached hydrogens (tertiary/aromatic N) is 2. The molecule has 0 N–H and O–H groups in total. The van der Waals surface area contributed by atoms with Crippen molar-refractivity contribution in [1.29, 1.82) is 0 Å². The Morgan fingerprint density at radius 1 is 1.28 bits per heavy atom. The first kappa shape index (κ1) is 17.5. The Morgan fingerprint density at radius 3 is 2.64 bits per heavy atom. The number of likely N-dealkylation sites (tertiary alicyclic amines) is 2. The monoisotopic (exact) mass is 382 g/mol. The van der Waals surface area contributed by atoms with E-state index in [0.29, 0.717) is 13.1 Å². The molecule has 0 aromatic carbocycles. The molecule has 1 amide bonds. The van der Waals surface area contributed by atoms with Gasteiger partial charge in [0.05, 0.1) is 10.6 Å². The van der Waals surface area contributed by atoms with E-state index in [-0.39, 0.29) is 17.6 Å². The molecule has 1 spiro atoms. The largest absolute Gasteiger partial charge is 0.335 e. The van der Waals surface area contributed by atoms with E-state index < -0.39 is 14.6 Å². The summed E-state index contributed by atoms with van der Waals surface area (Å²) < 4.78 is 24.9. The van der Waals surface area contributed by atoms with E-state index in [4.69, 9.17) is 0 Å². The van der Waals surface area contributed by atoms with E-state index in [0.717, 1.165) is 36.5 Å². The van der Waals surface area contributed by atoms with Crippen molar-refractivity contribution in [3.63, 3.8) is 0 Å². The van der Waals surface area contributed by atoms with Crippen molar-refractivity contribution in [1.82, 2.24) is 9.80 Å². The third-order valence-electron chi connectivity index (χ3n) is 6.29. The third-order valence-corrected chi connectivity index (χ3v) is 9.89. The van der Waals surface area contributed by atoms with Crippen molar-refractivity contribution in [3.8, 4) is 0 Å². The van der Waals surface area contributed by atoms with Crippen molar-refractivity contribution in [2.45, 2.75) is 37.4 Å². The van der Waals surface area contributed by atoms with E-state index >= 15 is 0 Å². The molecule has 3 aliphatic heterocycles. The lowest BCUT2D eigenvalue weighted by Gasteiger charge is -2.50. The zero-order chi connectivity index (χ0) is 17.7. The molecule has 7 heteroatoms. The number of sulfone groups is 1. The lowest BCUT2D eigenvalue weighted by Crippen LogP contribution is -2.69. The number of rotatable bonds is 3.